The second-order valence-electron chi connectivity index (χ2n) is 4.72. The van der Waals surface area contributed by atoms with E-state index in [4.69, 9.17) is 10.5 Å². The van der Waals surface area contributed by atoms with Crippen LogP contribution in [0.1, 0.15) is 24.1 Å². The number of benzene rings is 2. The van der Waals surface area contributed by atoms with Crippen LogP contribution in [-0.4, -0.2) is 18.1 Å². The molecular formula is C16H17ClF3NO3. The van der Waals surface area contributed by atoms with Crippen LogP contribution in [0.25, 0.3) is 0 Å². The van der Waals surface area contributed by atoms with Crippen molar-refractivity contribution in [3.05, 3.63) is 53.6 Å². The number of ether oxygens (including phenoxy) is 2. The minimum Gasteiger partial charge on any atom is -0.504 e. The molecule has 0 aliphatic rings. The Morgan fingerprint density at radius 1 is 1.12 bits per heavy atom. The normalized spacial score (nSPS) is 12.2. The quantitative estimate of drug-likeness (QED) is 0.837. The fraction of sp³-hybridized carbons (Fsp3) is 0.250. The van der Waals surface area contributed by atoms with Crippen molar-refractivity contribution in [3.8, 4) is 17.2 Å². The monoisotopic (exact) mass is 363 g/mol. The Morgan fingerprint density at radius 2 is 1.75 bits per heavy atom. The van der Waals surface area contributed by atoms with Gasteiger partial charge in [-0.05, 0) is 30.7 Å². The summed E-state index contributed by atoms with van der Waals surface area (Å²) in [7, 11) is 0. The Balaban J connectivity index is 0.00000288. The summed E-state index contributed by atoms with van der Waals surface area (Å²) in [5.41, 5.74) is 7.03. The molecule has 0 bridgehead atoms. The van der Waals surface area contributed by atoms with Crippen molar-refractivity contribution < 1.29 is 27.8 Å². The molecule has 0 saturated heterocycles. The molecule has 0 aromatic heterocycles. The first kappa shape index (κ1) is 19.9. The fourth-order valence-corrected chi connectivity index (χ4v) is 2.12. The van der Waals surface area contributed by atoms with Gasteiger partial charge in [-0.1, -0.05) is 24.3 Å². The molecule has 0 fully saturated rings. The third-order valence-corrected chi connectivity index (χ3v) is 3.14. The van der Waals surface area contributed by atoms with Crippen LogP contribution < -0.4 is 15.2 Å². The maximum Gasteiger partial charge on any atom is 0.573 e. The van der Waals surface area contributed by atoms with E-state index in [1.54, 1.807) is 25.1 Å². The van der Waals surface area contributed by atoms with E-state index in [1.165, 1.54) is 24.3 Å². The van der Waals surface area contributed by atoms with Crippen LogP contribution in [-0.2, 0) is 0 Å². The fourth-order valence-electron chi connectivity index (χ4n) is 2.12. The zero-order valence-electron chi connectivity index (χ0n) is 12.7. The van der Waals surface area contributed by atoms with Gasteiger partial charge in [-0.3, -0.25) is 0 Å². The first-order valence-electron chi connectivity index (χ1n) is 6.87. The third kappa shape index (κ3) is 4.94. The van der Waals surface area contributed by atoms with E-state index in [0.717, 1.165) is 0 Å². The maximum atomic E-state index is 12.1. The van der Waals surface area contributed by atoms with Gasteiger partial charge in [0, 0.05) is 5.56 Å². The number of alkyl halides is 3. The van der Waals surface area contributed by atoms with Gasteiger partial charge in [-0.25, -0.2) is 0 Å². The Labute approximate surface area is 143 Å². The Kier molecular flexibility index (Phi) is 6.74. The zero-order chi connectivity index (χ0) is 17.0. The van der Waals surface area contributed by atoms with Gasteiger partial charge in [0.15, 0.2) is 11.5 Å². The minimum atomic E-state index is -4.74. The largest absolute Gasteiger partial charge is 0.573 e. The number of para-hydroxylation sites is 1. The van der Waals surface area contributed by atoms with Gasteiger partial charge in [0.25, 0.3) is 0 Å². The van der Waals surface area contributed by atoms with E-state index in [2.05, 4.69) is 4.74 Å². The summed E-state index contributed by atoms with van der Waals surface area (Å²) in [5, 5.41) is 10.2. The highest BCUT2D eigenvalue weighted by Gasteiger charge is 2.31. The molecule has 3 N–H and O–H groups in total. The lowest BCUT2D eigenvalue weighted by Gasteiger charge is -2.17. The minimum absolute atomic E-state index is 0. The molecule has 0 unspecified atom stereocenters. The van der Waals surface area contributed by atoms with E-state index >= 15 is 0 Å². The summed E-state index contributed by atoms with van der Waals surface area (Å²) in [5.74, 6) is -0.115. The number of nitrogens with two attached hydrogens (primary N) is 1. The lowest BCUT2D eigenvalue weighted by atomic mass is 9.98. The van der Waals surface area contributed by atoms with Crippen LogP contribution in [0.3, 0.4) is 0 Å². The summed E-state index contributed by atoms with van der Waals surface area (Å²) in [6.07, 6.45) is -4.74. The second-order valence-corrected chi connectivity index (χ2v) is 4.72. The van der Waals surface area contributed by atoms with Crippen LogP contribution in [0, 0.1) is 0 Å². The van der Waals surface area contributed by atoms with Crippen molar-refractivity contribution in [1.82, 2.24) is 0 Å². The van der Waals surface area contributed by atoms with Gasteiger partial charge in [0.1, 0.15) is 5.75 Å². The van der Waals surface area contributed by atoms with E-state index in [9.17, 15) is 18.3 Å². The molecule has 8 heteroatoms. The van der Waals surface area contributed by atoms with E-state index < -0.39 is 12.4 Å². The predicted molar refractivity (Wildman–Crippen MR) is 85.7 cm³/mol. The van der Waals surface area contributed by atoms with Crippen LogP contribution in [0.5, 0.6) is 17.2 Å². The lowest BCUT2D eigenvalue weighted by molar-refractivity contribution is -0.274. The molecular weight excluding hydrogens is 347 g/mol. The molecule has 24 heavy (non-hydrogen) atoms. The third-order valence-electron chi connectivity index (χ3n) is 3.14. The number of aromatic hydroxyl groups is 1. The molecule has 2 aromatic rings. The topological polar surface area (TPSA) is 64.7 Å². The zero-order valence-corrected chi connectivity index (χ0v) is 13.5. The van der Waals surface area contributed by atoms with Crippen LogP contribution >= 0.6 is 12.4 Å². The van der Waals surface area contributed by atoms with Gasteiger partial charge < -0.3 is 20.3 Å². The SMILES string of the molecule is CCOc1cccc([C@H](N)c2ccc(OC(F)(F)F)cc2)c1O.Cl. The number of phenols is 1. The number of halogens is 4. The van der Waals surface area contributed by atoms with Gasteiger partial charge >= 0.3 is 6.36 Å². The van der Waals surface area contributed by atoms with Crippen molar-refractivity contribution in [2.45, 2.75) is 19.3 Å². The molecule has 0 saturated carbocycles. The van der Waals surface area contributed by atoms with Gasteiger partial charge in [-0.15, -0.1) is 25.6 Å². The standard InChI is InChI=1S/C16H16F3NO3.ClH/c1-2-22-13-5-3-4-12(15(13)21)14(20)10-6-8-11(9-7-10)23-16(17,18)19;/h3-9,14,21H,2,20H2,1H3;1H/t14-;/m1./s1. The smallest absolute Gasteiger partial charge is 0.504 e. The molecule has 0 aliphatic carbocycles. The average molecular weight is 364 g/mol. The van der Waals surface area contributed by atoms with E-state index in [1.807, 2.05) is 0 Å². The van der Waals surface area contributed by atoms with Gasteiger partial charge in [0.05, 0.1) is 12.6 Å². The molecule has 0 spiro atoms. The number of hydrogen-bond donors (Lipinski definition) is 2. The van der Waals surface area contributed by atoms with Crippen molar-refractivity contribution in [2.24, 2.45) is 5.73 Å². The highest BCUT2D eigenvalue weighted by Crippen LogP contribution is 2.35. The van der Waals surface area contributed by atoms with Crippen molar-refractivity contribution in [3.63, 3.8) is 0 Å². The molecule has 0 amide bonds. The summed E-state index contributed by atoms with van der Waals surface area (Å²) in [4.78, 5) is 0. The van der Waals surface area contributed by atoms with E-state index in [0.29, 0.717) is 23.5 Å². The van der Waals surface area contributed by atoms with E-state index in [-0.39, 0.29) is 23.9 Å². The Morgan fingerprint density at radius 3 is 2.29 bits per heavy atom. The molecule has 0 radical (unpaired) electrons. The number of rotatable bonds is 5. The second kappa shape index (κ2) is 8.12. The van der Waals surface area contributed by atoms with Crippen LogP contribution in [0.4, 0.5) is 13.2 Å². The van der Waals surface area contributed by atoms with Crippen molar-refractivity contribution >= 4 is 12.4 Å². The summed E-state index contributed by atoms with van der Waals surface area (Å²) in [6.45, 7) is 2.17. The molecule has 1 atom stereocenters. The summed E-state index contributed by atoms with van der Waals surface area (Å²) >= 11 is 0. The van der Waals surface area contributed by atoms with Crippen molar-refractivity contribution in [1.29, 1.82) is 0 Å². The predicted octanol–water partition coefficient (Wildman–Crippen LogP) is 4.16. The molecule has 4 nitrogen and oxygen atoms in total. The van der Waals surface area contributed by atoms with Crippen LogP contribution in [0.2, 0.25) is 0 Å². The number of hydrogen-bond acceptors (Lipinski definition) is 4. The van der Waals surface area contributed by atoms with Gasteiger partial charge in [0.2, 0.25) is 0 Å². The maximum absolute atomic E-state index is 12.1. The molecule has 0 heterocycles. The highest BCUT2D eigenvalue weighted by molar-refractivity contribution is 5.85. The molecule has 2 aromatic carbocycles. The number of phenolic OH excluding ortho intramolecular Hbond substituents is 1. The lowest BCUT2D eigenvalue weighted by Crippen LogP contribution is -2.17. The van der Waals surface area contributed by atoms with Gasteiger partial charge in [-0.2, -0.15) is 0 Å². The van der Waals surface area contributed by atoms with Crippen LogP contribution in [0.15, 0.2) is 42.5 Å². The first-order chi connectivity index (χ1) is 10.8. The molecule has 0 aliphatic heterocycles. The van der Waals surface area contributed by atoms with Crippen molar-refractivity contribution in [2.75, 3.05) is 6.61 Å². The molecule has 2 rings (SSSR count). The Hall–Kier alpha value is -2.12. The first-order valence-corrected chi connectivity index (χ1v) is 6.87. The summed E-state index contributed by atoms with van der Waals surface area (Å²) < 4.78 is 45.5. The molecule has 132 valence electrons. The highest BCUT2D eigenvalue weighted by atomic mass is 35.5. The Bertz CT molecular complexity index is 663. The summed E-state index contributed by atoms with van der Waals surface area (Å²) in [6, 6.07) is 9.38. The average Bonchev–Trinajstić information content (AvgIpc) is 2.48.